The molecule has 4 aliphatic rings. The van der Waals surface area contributed by atoms with Crippen molar-refractivity contribution >= 4 is 11.8 Å². The van der Waals surface area contributed by atoms with Crippen LogP contribution in [0.3, 0.4) is 0 Å². The molecule has 3 heterocycles. The van der Waals surface area contributed by atoms with Gasteiger partial charge in [0.15, 0.2) is 0 Å². The minimum absolute atomic E-state index is 0.0681. The molecule has 3 aromatic rings. The highest BCUT2D eigenvalue weighted by Gasteiger charge is 2.51. The highest BCUT2D eigenvalue weighted by atomic mass is 16.2. The van der Waals surface area contributed by atoms with Crippen molar-refractivity contribution in [3.05, 3.63) is 59.6 Å². The molecule has 52 heavy (non-hydrogen) atoms. The van der Waals surface area contributed by atoms with Crippen LogP contribution in [0.15, 0.2) is 36.7 Å². The molecule has 3 saturated carbocycles. The summed E-state index contributed by atoms with van der Waals surface area (Å²) in [7, 11) is 7.82. The van der Waals surface area contributed by atoms with Crippen LogP contribution in [-0.4, -0.2) is 100 Å². The predicted molar refractivity (Wildman–Crippen MR) is 210 cm³/mol. The SMILES string of the molecule is CC(C)C(C(=O)NCCCCc1ncc(-c2ccc(C34CCC(c5cnc(C6CCCN6C(=O)CN(C)C)[nH]5)(CC3)CC4)cc2)[nH]1)N(C)C.CCC. The van der Waals surface area contributed by atoms with E-state index >= 15 is 0 Å². The minimum atomic E-state index is -0.0971. The smallest absolute Gasteiger partial charge is 0.237 e. The van der Waals surface area contributed by atoms with Crippen LogP contribution in [-0.2, 0) is 26.8 Å². The van der Waals surface area contributed by atoms with Gasteiger partial charge in [-0.2, -0.15) is 0 Å². The third kappa shape index (κ3) is 8.99. The summed E-state index contributed by atoms with van der Waals surface area (Å²) in [4.78, 5) is 48.2. The number of hydrogen-bond donors (Lipinski definition) is 3. The van der Waals surface area contributed by atoms with Crippen LogP contribution in [0.4, 0.5) is 0 Å². The number of H-pyrrole nitrogens is 2. The third-order valence-electron chi connectivity index (χ3n) is 11.8. The van der Waals surface area contributed by atoms with E-state index in [-0.39, 0.29) is 40.6 Å². The standard InChI is InChI=1S/C39H58N8O2.C3H8/c1-27(2)35(46(5)6)37(49)40-22-8-7-11-33-41-24-30(43-33)28-12-14-29(15-13-28)38-16-19-39(20-17-38,21-18-38)32-25-42-36(44-32)31-10-9-23-47(31)34(48)26-45(3)4;1-3-2/h12-15,24-25,27,31,35H,7-11,16-23,26H2,1-6H3,(H,40,49)(H,41,43)(H,42,44);3H2,1-2H3. The van der Waals surface area contributed by atoms with Crippen molar-refractivity contribution in [2.75, 3.05) is 47.8 Å². The van der Waals surface area contributed by atoms with E-state index in [1.165, 1.54) is 61.8 Å². The predicted octanol–water partition coefficient (Wildman–Crippen LogP) is 7.01. The molecule has 1 saturated heterocycles. The molecule has 3 N–H and O–H groups in total. The topological polar surface area (TPSA) is 113 Å². The number of amides is 2. The normalized spacial score (nSPS) is 23.3. The van der Waals surface area contributed by atoms with E-state index in [1.54, 1.807) is 0 Å². The van der Waals surface area contributed by atoms with Crippen molar-refractivity contribution in [2.45, 2.75) is 128 Å². The average molecular weight is 715 g/mol. The van der Waals surface area contributed by atoms with Crippen molar-refractivity contribution in [1.29, 1.82) is 0 Å². The maximum atomic E-state index is 12.9. The molecule has 10 nitrogen and oxygen atoms in total. The highest BCUT2D eigenvalue weighted by molar-refractivity contribution is 5.82. The number of nitrogens with one attached hydrogen (secondary N) is 3. The Morgan fingerprint density at radius 3 is 2.19 bits per heavy atom. The fraction of sp³-hybridized carbons (Fsp3) is 0.667. The molecule has 0 radical (unpaired) electrons. The summed E-state index contributed by atoms with van der Waals surface area (Å²) in [5.74, 6) is 2.54. The van der Waals surface area contributed by atoms with Gasteiger partial charge >= 0.3 is 0 Å². The molecule has 1 aromatic carbocycles. The maximum absolute atomic E-state index is 12.9. The van der Waals surface area contributed by atoms with Gasteiger partial charge in [0.25, 0.3) is 0 Å². The lowest BCUT2D eigenvalue weighted by Crippen LogP contribution is -2.46. The number of imidazole rings is 2. The molecule has 1 aliphatic heterocycles. The van der Waals surface area contributed by atoms with Crippen LogP contribution in [0.5, 0.6) is 0 Å². The summed E-state index contributed by atoms with van der Waals surface area (Å²) in [6.45, 7) is 10.4. The fourth-order valence-electron chi connectivity index (χ4n) is 9.02. The van der Waals surface area contributed by atoms with Gasteiger partial charge in [0.2, 0.25) is 11.8 Å². The van der Waals surface area contributed by atoms with Crippen LogP contribution in [0.2, 0.25) is 0 Å². The molecule has 2 bridgehead atoms. The number of aromatic amines is 2. The molecule has 286 valence electrons. The summed E-state index contributed by atoms with van der Waals surface area (Å²) in [5.41, 5.74) is 5.40. The van der Waals surface area contributed by atoms with Crippen molar-refractivity contribution in [3.63, 3.8) is 0 Å². The van der Waals surface area contributed by atoms with Gasteiger partial charge in [-0.1, -0.05) is 58.4 Å². The van der Waals surface area contributed by atoms with Gasteiger partial charge in [-0.15, -0.1) is 0 Å². The zero-order chi connectivity index (χ0) is 37.5. The summed E-state index contributed by atoms with van der Waals surface area (Å²) in [5, 5.41) is 3.11. The van der Waals surface area contributed by atoms with Gasteiger partial charge in [0.05, 0.1) is 30.5 Å². The van der Waals surface area contributed by atoms with Crippen LogP contribution < -0.4 is 5.32 Å². The lowest BCUT2D eigenvalue weighted by molar-refractivity contribution is -0.133. The Balaban J connectivity index is 0.00000168. The second-order valence-electron chi connectivity index (χ2n) is 16.7. The quantitative estimate of drug-likeness (QED) is 0.155. The van der Waals surface area contributed by atoms with E-state index < -0.39 is 0 Å². The minimum Gasteiger partial charge on any atom is -0.355 e. The first-order valence-electron chi connectivity index (χ1n) is 20.0. The van der Waals surface area contributed by atoms with E-state index in [0.717, 1.165) is 56.0 Å². The number of aryl methyl sites for hydroxylation is 1. The van der Waals surface area contributed by atoms with Gasteiger partial charge < -0.3 is 25.1 Å². The number of unbranched alkanes of at least 4 members (excludes halogenated alkanes) is 1. The van der Waals surface area contributed by atoms with Crippen LogP contribution >= 0.6 is 0 Å². The Kier molecular flexibility index (Phi) is 13.4. The third-order valence-corrected chi connectivity index (χ3v) is 11.8. The molecule has 4 fully saturated rings. The second kappa shape index (κ2) is 17.5. The van der Waals surface area contributed by atoms with Crippen molar-refractivity contribution < 1.29 is 9.59 Å². The Labute approximate surface area is 312 Å². The first-order valence-corrected chi connectivity index (χ1v) is 20.0. The highest BCUT2D eigenvalue weighted by Crippen LogP contribution is 2.58. The lowest BCUT2D eigenvalue weighted by atomic mass is 9.51. The number of likely N-dealkylation sites (N-methyl/N-ethyl adjacent to an activating group) is 2. The second-order valence-corrected chi connectivity index (χ2v) is 16.7. The summed E-state index contributed by atoms with van der Waals surface area (Å²) in [6, 6.07) is 9.19. The van der Waals surface area contributed by atoms with Crippen molar-refractivity contribution in [1.82, 2.24) is 40.0 Å². The summed E-state index contributed by atoms with van der Waals surface area (Å²) < 4.78 is 0. The largest absolute Gasteiger partial charge is 0.355 e. The number of fused-ring (bicyclic) bond motifs is 3. The van der Waals surface area contributed by atoms with Gasteiger partial charge in [0, 0.05) is 36.8 Å². The Bertz CT molecular complexity index is 1560. The number of nitrogens with zero attached hydrogens (tertiary/aromatic N) is 5. The Hall–Kier alpha value is -3.50. The van der Waals surface area contributed by atoms with Crippen LogP contribution in [0, 0.1) is 5.92 Å². The number of likely N-dealkylation sites (tertiary alicyclic amines) is 1. The first kappa shape index (κ1) is 39.7. The fourth-order valence-corrected chi connectivity index (χ4v) is 9.02. The van der Waals surface area contributed by atoms with Gasteiger partial charge in [-0.3, -0.25) is 14.5 Å². The molecule has 7 rings (SSSR count). The van der Waals surface area contributed by atoms with Crippen molar-refractivity contribution in [3.8, 4) is 11.3 Å². The van der Waals surface area contributed by atoms with Crippen LogP contribution in [0.25, 0.3) is 11.3 Å². The van der Waals surface area contributed by atoms with Gasteiger partial charge in [-0.25, -0.2) is 9.97 Å². The van der Waals surface area contributed by atoms with Gasteiger partial charge in [-0.05, 0) is 115 Å². The van der Waals surface area contributed by atoms with Gasteiger partial charge in [0.1, 0.15) is 11.6 Å². The zero-order valence-corrected chi connectivity index (χ0v) is 33.4. The van der Waals surface area contributed by atoms with Crippen molar-refractivity contribution in [2.24, 2.45) is 5.92 Å². The molecular weight excluding hydrogens is 649 g/mol. The molecule has 2 aromatic heterocycles. The first-order chi connectivity index (χ1) is 24.9. The number of hydrogen-bond acceptors (Lipinski definition) is 6. The Morgan fingerprint density at radius 2 is 1.58 bits per heavy atom. The molecule has 0 spiro atoms. The van der Waals surface area contributed by atoms with E-state index in [4.69, 9.17) is 4.98 Å². The number of carbonyl (C=O) groups excluding carboxylic acids is 2. The molecular formula is C42H66N8O2. The average Bonchev–Trinajstić information content (AvgIpc) is 3.91. The molecule has 3 aliphatic carbocycles. The summed E-state index contributed by atoms with van der Waals surface area (Å²) >= 11 is 0. The molecule has 2 amide bonds. The molecule has 2 atom stereocenters. The van der Waals surface area contributed by atoms with E-state index in [1.807, 2.05) is 49.1 Å². The number of aromatic nitrogens is 4. The number of benzene rings is 1. The maximum Gasteiger partial charge on any atom is 0.237 e. The van der Waals surface area contributed by atoms with E-state index in [2.05, 4.69) is 78.4 Å². The van der Waals surface area contributed by atoms with Crippen LogP contribution in [0.1, 0.15) is 127 Å². The number of rotatable bonds is 14. The molecule has 2 unspecified atom stereocenters. The van der Waals surface area contributed by atoms with E-state index in [9.17, 15) is 9.59 Å². The lowest BCUT2D eigenvalue weighted by Gasteiger charge is -2.53. The number of carbonyl (C=O) groups is 2. The summed E-state index contributed by atoms with van der Waals surface area (Å²) in [6.07, 6.45) is 17.2. The van der Waals surface area contributed by atoms with E-state index in [0.29, 0.717) is 13.1 Å². The Morgan fingerprint density at radius 1 is 0.923 bits per heavy atom. The monoisotopic (exact) mass is 715 g/mol. The zero-order valence-electron chi connectivity index (χ0n) is 33.4. The molecule has 10 heteroatoms.